The van der Waals surface area contributed by atoms with Crippen LogP contribution in [0.1, 0.15) is 34.1 Å². The monoisotopic (exact) mass is 420 g/mol. The molecule has 5 heteroatoms. The molecule has 1 aromatic carbocycles. The first kappa shape index (κ1) is 22.0. The number of amides is 1. The molecule has 0 bridgehead atoms. The molecular weight excluding hydrogens is 392 g/mol. The fraction of sp³-hybridized carbons (Fsp3) is 0.381. The van der Waals surface area contributed by atoms with Crippen molar-refractivity contribution < 1.29 is 9.53 Å². The van der Waals surface area contributed by atoms with Crippen LogP contribution >= 0.6 is 15.9 Å². The van der Waals surface area contributed by atoms with Crippen molar-refractivity contribution in [3.05, 3.63) is 59.6 Å². The zero-order chi connectivity index (χ0) is 19.7. The molecule has 1 aromatic rings. The summed E-state index contributed by atoms with van der Waals surface area (Å²) in [5.74, 6) is 0. The molecule has 0 aromatic heterocycles. The first-order valence-corrected chi connectivity index (χ1v) is 9.48. The molecule has 0 heterocycles. The smallest absolute Gasteiger partial charge is 0.415 e. The Bertz CT molecular complexity index is 675. The Morgan fingerprint density at radius 3 is 2.62 bits per heavy atom. The second-order valence-electron chi connectivity index (χ2n) is 6.91. The van der Waals surface area contributed by atoms with Gasteiger partial charge in [-0.25, -0.2) is 4.79 Å². The Hall–Kier alpha value is -2.01. The molecule has 0 aliphatic carbocycles. The molecule has 0 unspecified atom stereocenters. The quantitative estimate of drug-likeness (QED) is 0.500. The molecule has 1 amide bonds. The molecule has 4 nitrogen and oxygen atoms in total. The van der Waals surface area contributed by atoms with Crippen LogP contribution in [0, 0.1) is 0 Å². The summed E-state index contributed by atoms with van der Waals surface area (Å²) in [5.41, 5.74) is 1.93. The van der Waals surface area contributed by atoms with Crippen LogP contribution < -0.4 is 10.2 Å². The summed E-state index contributed by atoms with van der Waals surface area (Å²) in [6, 6.07) is 5.76. The summed E-state index contributed by atoms with van der Waals surface area (Å²) < 4.78 is 6.46. The third-order valence-corrected chi connectivity index (χ3v) is 3.93. The highest BCUT2D eigenvalue weighted by atomic mass is 79.9. The lowest BCUT2D eigenvalue weighted by molar-refractivity contribution is 0.0584. The van der Waals surface area contributed by atoms with E-state index in [-0.39, 0.29) is 0 Å². The van der Waals surface area contributed by atoms with Gasteiger partial charge in [-0.3, -0.25) is 4.90 Å². The van der Waals surface area contributed by atoms with Gasteiger partial charge in [0.25, 0.3) is 0 Å². The second kappa shape index (κ2) is 10.2. The number of ether oxygens (including phenoxy) is 1. The Morgan fingerprint density at radius 2 is 2.08 bits per heavy atom. The summed E-state index contributed by atoms with van der Waals surface area (Å²) in [7, 11) is 0. The van der Waals surface area contributed by atoms with Crippen LogP contribution in [-0.4, -0.2) is 24.8 Å². The van der Waals surface area contributed by atoms with Crippen LogP contribution in [0.15, 0.2) is 59.6 Å². The van der Waals surface area contributed by atoms with Gasteiger partial charge in [0.1, 0.15) is 5.60 Å². The van der Waals surface area contributed by atoms with Crippen LogP contribution in [0.2, 0.25) is 0 Å². The molecule has 0 atom stereocenters. The van der Waals surface area contributed by atoms with Crippen molar-refractivity contribution in [1.29, 1.82) is 0 Å². The number of carbonyl (C=O) groups is 1. The van der Waals surface area contributed by atoms with Crippen LogP contribution in [0.25, 0.3) is 0 Å². The number of nitrogens with one attached hydrogen (secondary N) is 1. The van der Waals surface area contributed by atoms with Crippen LogP contribution in [0.4, 0.5) is 16.2 Å². The number of halogens is 1. The van der Waals surface area contributed by atoms with Crippen molar-refractivity contribution in [2.24, 2.45) is 0 Å². The first-order chi connectivity index (χ1) is 12.2. The van der Waals surface area contributed by atoms with Crippen molar-refractivity contribution in [3.63, 3.8) is 0 Å². The summed E-state index contributed by atoms with van der Waals surface area (Å²) in [5, 5.41) is 3.34. The molecule has 0 radical (unpaired) electrons. The van der Waals surface area contributed by atoms with Gasteiger partial charge in [0, 0.05) is 22.4 Å². The number of hydrogen-bond donors (Lipinski definition) is 1. The fourth-order valence-electron chi connectivity index (χ4n) is 2.11. The number of nitrogens with zero attached hydrogens (tertiary/aromatic N) is 1. The highest BCUT2D eigenvalue weighted by molar-refractivity contribution is 9.10. The van der Waals surface area contributed by atoms with Crippen LogP contribution in [0.5, 0.6) is 0 Å². The normalized spacial score (nSPS) is 11.3. The summed E-state index contributed by atoms with van der Waals surface area (Å²) in [6.07, 6.45) is 5.92. The zero-order valence-electron chi connectivity index (χ0n) is 16.1. The van der Waals surface area contributed by atoms with E-state index in [9.17, 15) is 4.79 Å². The first-order valence-electron chi connectivity index (χ1n) is 8.68. The maximum Gasteiger partial charge on any atom is 0.415 e. The predicted molar refractivity (Wildman–Crippen MR) is 115 cm³/mol. The maximum atomic E-state index is 12.7. The van der Waals surface area contributed by atoms with Gasteiger partial charge in [0.2, 0.25) is 0 Å². The lowest BCUT2D eigenvalue weighted by Crippen LogP contribution is -2.37. The third kappa shape index (κ3) is 7.48. The van der Waals surface area contributed by atoms with E-state index in [1.165, 1.54) is 0 Å². The number of carbonyl (C=O) groups excluding carboxylic acids is 1. The molecule has 0 fully saturated rings. The number of benzene rings is 1. The van der Waals surface area contributed by atoms with E-state index >= 15 is 0 Å². The molecule has 0 saturated heterocycles. The Balaban J connectivity index is 3.12. The van der Waals surface area contributed by atoms with E-state index in [2.05, 4.69) is 41.3 Å². The van der Waals surface area contributed by atoms with Crippen molar-refractivity contribution in [2.75, 3.05) is 23.3 Å². The van der Waals surface area contributed by atoms with E-state index in [1.54, 1.807) is 17.1 Å². The zero-order valence-corrected chi connectivity index (χ0v) is 17.7. The van der Waals surface area contributed by atoms with Crippen LogP contribution in [-0.2, 0) is 4.74 Å². The summed E-state index contributed by atoms with van der Waals surface area (Å²) in [6.45, 7) is 16.5. The lowest BCUT2D eigenvalue weighted by Gasteiger charge is -2.28. The van der Waals surface area contributed by atoms with Crippen LogP contribution in [0.3, 0.4) is 0 Å². The van der Waals surface area contributed by atoms with E-state index in [1.807, 2.05) is 45.0 Å². The standard InChI is InChI=1S/C21H29BrN2O2/c1-7-9-10-16(3)15-24(20(25)26-21(4,5)6)17-11-12-19(18(22)14-17)23-13-8-2/h7,9-12,14,23H,1,3,8,13,15H2,2,4-6H3/b10-9-. The molecule has 1 rings (SSSR count). The number of anilines is 2. The Morgan fingerprint density at radius 1 is 1.38 bits per heavy atom. The van der Waals surface area contributed by atoms with Gasteiger partial charge in [-0.2, -0.15) is 0 Å². The largest absolute Gasteiger partial charge is 0.443 e. The van der Waals surface area contributed by atoms with Crippen molar-refractivity contribution in [2.45, 2.75) is 39.7 Å². The van der Waals surface area contributed by atoms with Gasteiger partial charge in [-0.05, 0) is 66.9 Å². The average Bonchev–Trinajstić information content (AvgIpc) is 2.55. The van der Waals surface area contributed by atoms with Crippen molar-refractivity contribution in [3.8, 4) is 0 Å². The minimum absolute atomic E-state index is 0.327. The van der Waals surface area contributed by atoms with Gasteiger partial charge < -0.3 is 10.1 Å². The maximum absolute atomic E-state index is 12.7. The van der Waals surface area contributed by atoms with Gasteiger partial charge >= 0.3 is 6.09 Å². The fourth-order valence-corrected chi connectivity index (χ4v) is 2.62. The minimum Gasteiger partial charge on any atom is -0.443 e. The average molecular weight is 421 g/mol. The SMILES string of the molecule is C=C/C=C\C(=C)CN(C(=O)OC(C)(C)C)c1ccc(NCCC)c(Br)c1. The van der Waals surface area contributed by atoms with E-state index in [0.717, 1.165) is 34.4 Å². The molecule has 1 N–H and O–H groups in total. The third-order valence-electron chi connectivity index (χ3n) is 3.27. The second-order valence-corrected chi connectivity index (χ2v) is 7.76. The topological polar surface area (TPSA) is 41.6 Å². The minimum atomic E-state index is -0.576. The van der Waals surface area contributed by atoms with E-state index in [4.69, 9.17) is 4.74 Å². The highest BCUT2D eigenvalue weighted by Crippen LogP contribution is 2.29. The molecule has 26 heavy (non-hydrogen) atoms. The van der Waals surface area contributed by atoms with Gasteiger partial charge in [-0.1, -0.05) is 38.3 Å². The Kier molecular flexibility index (Phi) is 8.66. The number of rotatable bonds is 8. The highest BCUT2D eigenvalue weighted by Gasteiger charge is 2.24. The lowest BCUT2D eigenvalue weighted by atomic mass is 10.2. The van der Waals surface area contributed by atoms with Gasteiger partial charge in [-0.15, -0.1) is 0 Å². The Labute approximate surface area is 165 Å². The van der Waals surface area contributed by atoms with Crippen molar-refractivity contribution >= 4 is 33.4 Å². The molecular formula is C21H29BrN2O2. The van der Waals surface area contributed by atoms with Crippen molar-refractivity contribution in [1.82, 2.24) is 0 Å². The molecule has 0 aliphatic heterocycles. The van der Waals surface area contributed by atoms with Gasteiger partial charge in [0.05, 0.1) is 6.54 Å². The summed E-state index contributed by atoms with van der Waals surface area (Å²) in [4.78, 5) is 14.3. The number of allylic oxidation sites excluding steroid dienone is 2. The van der Waals surface area contributed by atoms with Gasteiger partial charge in [0.15, 0.2) is 0 Å². The van der Waals surface area contributed by atoms with E-state index in [0.29, 0.717) is 6.54 Å². The predicted octanol–water partition coefficient (Wildman–Crippen LogP) is 6.31. The van der Waals surface area contributed by atoms with E-state index < -0.39 is 11.7 Å². The molecule has 142 valence electrons. The molecule has 0 spiro atoms. The molecule has 0 saturated carbocycles. The number of hydrogen-bond acceptors (Lipinski definition) is 3. The summed E-state index contributed by atoms with van der Waals surface area (Å²) >= 11 is 3.57. The molecule has 0 aliphatic rings.